The molecule has 0 aliphatic rings. The van der Waals surface area contributed by atoms with E-state index in [1.54, 1.807) is 47.1 Å². The van der Waals surface area contributed by atoms with E-state index >= 15 is 0 Å². The largest absolute Gasteiger partial charge is 0.383 e. The van der Waals surface area contributed by atoms with Crippen molar-refractivity contribution >= 4 is 34.4 Å². The Kier molecular flexibility index (Phi) is 6.11. The second kappa shape index (κ2) is 9.43. The summed E-state index contributed by atoms with van der Waals surface area (Å²) in [5, 5.41) is 12.2. The highest BCUT2D eigenvalue weighted by Crippen LogP contribution is 2.32. The maximum atomic E-state index is 12.6. The molecule has 0 saturated carbocycles. The van der Waals surface area contributed by atoms with Crippen LogP contribution in [0.5, 0.6) is 0 Å². The van der Waals surface area contributed by atoms with E-state index in [0.29, 0.717) is 39.4 Å². The van der Waals surface area contributed by atoms with Crippen molar-refractivity contribution < 1.29 is 14.1 Å². The average molecular weight is 511 g/mol. The quantitative estimate of drug-likeness (QED) is 0.311. The predicted octanol–water partition coefficient (Wildman–Crippen LogP) is 3.63. The van der Waals surface area contributed by atoms with Gasteiger partial charge in [-0.05, 0) is 36.4 Å². The van der Waals surface area contributed by atoms with E-state index < -0.39 is 5.91 Å². The Morgan fingerprint density at radius 3 is 2.37 bits per heavy atom. The summed E-state index contributed by atoms with van der Waals surface area (Å²) in [5.41, 5.74) is 15.5. The number of hydrogen-bond donors (Lipinski definition) is 3. The van der Waals surface area contributed by atoms with Gasteiger partial charge < -0.3 is 21.3 Å². The molecule has 0 saturated heterocycles. The van der Waals surface area contributed by atoms with Crippen LogP contribution >= 0.6 is 0 Å². The number of primary amides is 1. The standard InChI is InChI=1S/C27H26N8O3/c1-27(2,3)20-12-18(34-38-20)13-21(36)32-17-8-10-19(11-9-17)35-26-22(24(28)30-14-31-26)23(33-35)15-4-6-16(7-5-15)25(29)37/h4-12,14H,13H2,1-3H3,(H2,29,37)(H,32,36)(H2,28,30,31). The van der Waals surface area contributed by atoms with E-state index in [9.17, 15) is 9.59 Å². The summed E-state index contributed by atoms with van der Waals surface area (Å²) in [6, 6.07) is 15.7. The van der Waals surface area contributed by atoms with Gasteiger partial charge in [0.05, 0.1) is 23.2 Å². The van der Waals surface area contributed by atoms with Gasteiger partial charge in [-0.2, -0.15) is 5.10 Å². The van der Waals surface area contributed by atoms with Gasteiger partial charge in [0.2, 0.25) is 11.8 Å². The number of nitrogens with one attached hydrogen (secondary N) is 1. The Morgan fingerprint density at radius 1 is 1.03 bits per heavy atom. The number of rotatable bonds is 6. The number of carbonyl (C=O) groups excluding carboxylic acids is 2. The van der Waals surface area contributed by atoms with Gasteiger partial charge in [-0.25, -0.2) is 14.6 Å². The third-order valence-corrected chi connectivity index (χ3v) is 5.97. The minimum Gasteiger partial charge on any atom is -0.383 e. The van der Waals surface area contributed by atoms with E-state index in [2.05, 4.69) is 20.4 Å². The van der Waals surface area contributed by atoms with Gasteiger partial charge in [-0.1, -0.05) is 38.1 Å². The molecule has 5 N–H and O–H groups in total. The van der Waals surface area contributed by atoms with Crippen LogP contribution in [0, 0.1) is 0 Å². The molecule has 3 heterocycles. The monoisotopic (exact) mass is 510 g/mol. The zero-order valence-electron chi connectivity index (χ0n) is 21.1. The molecular formula is C27H26N8O3. The fourth-order valence-corrected chi connectivity index (χ4v) is 3.95. The van der Waals surface area contributed by atoms with Crippen LogP contribution < -0.4 is 16.8 Å². The second-order valence-corrected chi connectivity index (χ2v) is 9.86. The molecule has 0 spiro atoms. The average Bonchev–Trinajstić information content (AvgIpc) is 3.50. The van der Waals surface area contributed by atoms with E-state index in [1.165, 1.54) is 6.33 Å². The summed E-state index contributed by atoms with van der Waals surface area (Å²) in [4.78, 5) is 32.5. The van der Waals surface area contributed by atoms with Crippen LogP contribution in [0.4, 0.5) is 11.5 Å². The van der Waals surface area contributed by atoms with Crippen molar-refractivity contribution in [3.63, 3.8) is 0 Å². The first-order chi connectivity index (χ1) is 18.1. The predicted molar refractivity (Wildman–Crippen MR) is 143 cm³/mol. The van der Waals surface area contributed by atoms with Crippen LogP contribution in [-0.2, 0) is 16.6 Å². The summed E-state index contributed by atoms with van der Waals surface area (Å²) >= 11 is 0. The van der Waals surface area contributed by atoms with Crippen molar-refractivity contribution in [2.24, 2.45) is 5.73 Å². The number of nitrogen functional groups attached to an aromatic ring is 1. The van der Waals surface area contributed by atoms with Crippen molar-refractivity contribution in [2.45, 2.75) is 32.6 Å². The Hall–Kier alpha value is -5.06. The molecule has 0 aliphatic heterocycles. The van der Waals surface area contributed by atoms with Gasteiger partial charge in [0.25, 0.3) is 0 Å². The van der Waals surface area contributed by atoms with Crippen molar-refractivity contribution in [1.82, 2.24) is 24.9 Å². The molecule has 3 aromatic heterocycles. The number of amides is 2. The van der Waals surface area contributed by atoms with E-state index in [0.717, 1.165) is 11.3 Å². The van der Waals surface area contributed by atoms with Crippen LogP contribution in [0.1, 0.15) is 42.6 Å². The van der Waals surface area contributed by atoms with Crippen molar-refractivity contribution in [3.8, 4) is 16.9 Å². The van der Waals surface area contributed by atoms with Gasteiger partial charge >= 0.3 is 0 Å². The maximum Gasteiger partial charge on any atom is 0.248 e. The summed E-state index contributed by atoms with van der Waals surface area (Å²) in [5.74, 6) is 0.279. The molecular weight excluding hydrogens is 484 g/mol. The number of aromatic nitrogens is 5. The zero-order chi connectivity index (χ0) is 27.0. The van der Waals surface area contributed by atoms with Crippen molar-refractivity contribution in [2.75, 3.05) is 11.1 Å². The Labute approximate surface area is 217 Å². The van der Waals surface area contributed by atoms with Gasteiger partial charge in [-0.15, -0.1) is 0 Å². The molecule has 5 aromatic rings. The highest BCUT2D eigenvalue weighted by atomic mass is 16.5. The SMILES string of the molecule is CC(C)(C)c1cc(CC(=O)Nc2ccc(-n3nc(-c4ccc(C(N)=O)cc4)c4c(N)ncnc43)cc2)no1. The lowest BCUT2D eigenvalue weighted by molar-refractivity contribution is -0.115. The summed E-state index contributed by atoms with van der Waals surface area (Å²) in [6.07, 6.45) is 1.47. The Balaban J connectivity index is 1.39. The number of carbonyl (C=O) groups is 2. The smallest absolute Gasteiger partial charge is 0.248 e. The first-order valence-electron chi connectivity index (χ1n) is 11.9. The number of hydrogen-bond acceptors (Lipinski definition) is 8. The molecule has 38 heavy (non-hydrogen) atoms. The summed E-state index contributed by atoms with van der Waals surface area (Å²) in [6.45, 7) is 6.06. The second-order valence-electron chi connectivity index (χ2n) is 9.86. The zero-order valence-corrected chi connectivity index (χ0v) is 21.1. The molecule has 0 bridgehead atoms. The highest BCUT2D eigenvalue weighted by Gasteiger charge is 2.21. The number of nitrogens with zero attached hydrogens (tertiary/aromatic N) is 5. The first-order valence-corrected chi connectivity index (χ1v) is 11.9. The van der Waals surface area contributed by atoms with Gasteiger partial charge in [-0.3, -0.25) is 9.59 Å². The highest BCUT2D eigenvalue weighted by molar-refractivity contribution is 6.00. The van der Waals surface area contributed by atoms with Crippen LogP contribution in [0.2, 0.25) is 0 Å². The van der Waals surface area contributed by atoms with Crippen LogP contribution in [0.3, 0.4) is 0 Å². The maximum absolute atomic E-state index is 12.6. The van der Waals surface area contributed by atoms with Crippen LogP contribution in [0.15, 0.2) is 65.4 Å². The number of benzene rings is 2. The lowest BCUT2D eigenvalue weighted by Crippen LogP contribution is -2.14. The normalized spacial score (nSPS) is 11.6. The van der Waals surface area contributed by atoms with Gasteiger partial charge in [0.1, 0.15) is 23.6 Å². The fourth-order valence-electron chi connectivity index (χ4n) is 3.95. The van der Waals surface area contributed by atoms with Gasteiger partial charge in [0, 0.05) is 28.3 Å². The topological polar surface area (TPSA) is 168 Å². The molecule has 11 heteroatoms. The summed E-state index contributed by atoms with van der Waals surface area (Å²) in [7, 11) is 0. The third-order valence-electron chi connectivity index (χ3n) is 5.97. The van der Waals surface area contributed by atoms with Crippen LogP contribution in [0.25, 0.3) is 28.0 Å². The third kappa shape index (κ3) is 4.81. The minimum absolute atomic E-state index is 0.0965. The molecule has 0 aliphatic carbocycles. The minimum atomic E-state index is -0.516. The Bertz CT molecular complexity index is 1640. The lowest BCUT2D eigenvalue weighted by atomic mass is 9.93. The van der Waals surface area contributed by atoms with E-state index in [4.69, 9.17) is 21.1 Å². The first kappa shape index (κ1) is 24.6. The molecule has 2 amide bonds. The molecule has 0 radical (unpaired) electrons. The number of fused-ring (bicyclic) bond motifs is 1. The van der Waals surface area contributed by atoms with Crippen molar-refractivity contribution in [1.29, 1.82) is 0 Å². The van der Waals surface area contributed by atoms with Crippen molar-refractivity contribution in [3.05, 3.63) is 77.9 Å². The molecule has 2 aromatic carbocycles. The number of anilines is 2. The summed E-state index contributed by atoms with van der Waals surface area (Å²) < 4.78 is 7.01. The molecule has 5 rings (SSSR count). The molecule has 192 valence electrons. The Morgan fingerprint density at radius 2 is 1.74 bits per heavy atom. The van der Waals surface area contributed by atoms with E-state index in [1.807, 2.05) is 32.9 Å². The molecule has 0 fully saturated rings. The van der Waals surface area contributed by atoms with Crippen LogP contribution in [-0.4, -0.2) is 36.7 Å². The molecule has 11 nitrogen and oxygen atoms in total. The fraction of sp³-hybridized carbons (Fsp3) is 0.185. The lowest BCUT2D eigenvalue weighted by Gasteiger charge is -2.12. The molecule has 0 atom stereocenters. The number of nitrogens with two attached hydrogens (primary N) is 2. The van der Waals surface area contributed by atoms with E-state index in [-0.39, 0.29) is 23.6 Å². The molecule has 0 unspecified atom stereocenters. The van der Waals surface area contributed by atoms with Gasteiger partial charge in [0.15, 0.2) is 5.65 Å².